The van der Waals surface area contributed by atoms with Crippen LogP contribution in [0.15, 0.2) is 12.4 Å². The van der Waals surface area contributed by atoms with Crippen LogP contribution >= 0.6 is 0 Å². The van der Waals surface area contributed by atoms with Gasteiger partial charge in [-0.3, -0.25) is 9.97 Å². The van der Waals surface area contributed by atoms with Gasteiger partial charge in [-0.15, -0.1) is 0 Å². The van der Waals surface area contributed by atoms with E-state index in [2.05, 4.69) is 9.97 Å². The Hall–Kier alpha value is -1.24. The van der Waals surface area contributed by atoms with E-state index in [9.17, 15) is 20.4 Å². The number of nitrogens with zero attached hydrogens (tertiary/aromatic N) is 2. The van der Waals surface area contributed by atoms with Crippen LogP contribution in [-0.2, 0) is 6.42 Å². The lowest BCUT2D eigenvalue weighted by molar-refractivity contribution is -0.314. The molecule has 0 amide bonds. The Bertz CT molecular complexity index is 503. The number of hydrogen-bond donors (Lipinski definition) is 8. The highest BCUT2D eigenvalue weighted by molar-refractivity contribution is 5.06. The molecule has 1 aromatic heterocycles. The minimum atomic E-state index is -2.73. The van der Waals surface area contributed by atoms with Gasteiger partial charge in [0.05, 0.1) is 17.6 Å². The van der Waals surface area contributed by atoms with Crippen LogP contribution in [0.2, 0.25) is 0 Å². The third-order valence-electron chi connectivity index (χ3n) is 3.69. The van der Waals surface area contributed by atoms with Crippen molar-refractivity contribution in [2.24, 2.45) is 0 Å². The van der Waals surface area contributed by atoms with Crippen molar-refractivity contribution < 1.29 is 40.9 Å². The molecule has 144 valence electrons. The molecule has 2 unspecified atom stereocenters. The fourth-order valence-electron chi connectivity index (χ4n) is 2.20. The highest BCUT2D eigenvalue weighted by Crippen LogP contribution is 2.23. The van der Waals surface area contributed by atoms with Gasteiger partial charge in [0.15, 0.2) is 5.79 Å². The third-order valence-corrected chi connectivity index (χ3v) is 3.69. The Labute approximate surface area is 144 Å². The molecule has 0 bridgehead atoms. The molecule has 1 rings (SSSR count). The van der Waals surface area contributed by atoms with E-state index >= 15 is 0 Å². The van der Waals surface area contributed by atoms with E-state index in [-0.39, 0.29) is 44.4 Å². The van der Waals surface area contributed by atoms with E-state index in [1.807, 2.05) is 0 Å². The van der Waals surface area contributed by atoms with Crippen LogP contribution in [0.5, 0.6) is 0 Å². The first-order chi connectivity index (χ1) is 11.5. The van der Waals surface area contributed by atoms with E-state index in [0.717, 1.165) is 0 Å². The summed E-state index contributed by atoms with van der Waals surface area (Å²) in [6.07, 6.45) is -0.505. The van der Waals surface area contributed by atoms with E-state index < -0.39 is 24.0 Å². The Balaban J connectivity index is 2.54. The molecule has 8 N–H and O–H groups in total. The summed E-state index contributed by atoms with van der Waals surface area (Å²) >= 11 is 0. The highest BCUT2D eigenvalue weighted by Gasteiger charge is 2.34. The molecule has 1 aromatic rings. The fourth-order valence-corrected chi connectivity index (χ4v) is 2.20. The van der Waals surface area contributed by atoms with Crippen LogP contribution < -0.4 is 0 Å². The molecule has 10 nitrogen and oxygen atoms in total. The van der Waals surface area contributed by atoms with E-state index in [1.54, 1.807) is 0 Å². The lowest BCUT2D eigenvalue weighted by Gasteiger charge is -2.28. The molecule has 0 saturated heterocycles. The molecule has 1 heterocycles. The largest absolute Gasteiger partial charge is 0.396 e. The first-order valence-electron chi connectivity index (χ1n) is 7.95. The van der Waals surface area contributed by atoms with Gasteiger partial charge < -0.3 is 40.9 Å². The maximum atomic E-state index is 10.0. The van der Waals surface area contributed by atoms with Gasteiger partial charge in [0.1, 0.15) is 12.2 Å². The lowest BCUT2D eigenvalue weighted by atomic mass is 9.98. The Morgan fingerprint density at radius 3 is 2.12 bits per heavy atom. The van der Waals surface area contributed by atoms with E-state index in [0.29, 0.717) is 12.1 Å². The Morgan fingerprint density at radius 1 is 0.920 bits per heavy atom. The SMILES string of the molecule is OCCCC(O)(O)C(O)CC(O)c1cnc(CCCC(O)(O)O)cn1. The van der Waals surface area contributed by atoms with Gasteiger partial charge in [-0.25, -0.2) is 0 Å². The number of aromatic nitrogens is 2. The standard InChI is InChI=1S/C15H26N2O8/c18-6-2-4-14(21,22)13(20)7-12(19)11-9-16-10(8-17-11)3-1-5-15(23,24)25/h8-9,12-13,18-25H,1-7H2. The lowest BCUT2D eigenvalue weighted by Crippen LogP contribution is -2.43. The molecule has 0 aliphatic rings. The van der Waals surface area contributed by atoms with E-state index in [4.69, 9.17) is 20.4 Å². The van der Waals surface area contributed by atoms with Crippen molar-refractivity contribution in [2.45, 2.75) is 62.5 Å². The minimum absolute atomic E-state index is 0.0888. The van der Waals surface area contributed by atoms with Gasteiger partial charge in [-0.1, -0.05) is 0 Å². The quantitative estimate of drug-likeness (QED) is 0.198. The van der Waals surface area contributed by atoms with Crippen molar-refractivity contribution in [3.05, 3.63) is 23.8 Å². The summed E-state index contributed by atoms with van der Waals surface area (Å²) in [5, 5.41) is 74.3. The Kier molecular flexibility index (Phi) is 8.25. The van der Waals surface area contributed by atoms with Crippen LogP contribution in [0.25, 0.3) is 0 Å². The number of aliphatic hydroxyl groups excluding tert-OH is 3. The van der Waals surface area contributed by atoms with Gasteiger partial charge in [-0.2, -0.15) is 0 Å². The molecule has 0 saturated carbocycles. The fraction of sp³-hybridized carbons (Fsp3) is 0.733. The highest BCUT2D eigenvalue weighted by atomic mass is 16.7. The molecular weight excluding hydrogens is 336 g/mol. The van der Waals surface area contributed by atoms with Crippen molar-refractivity contribution >= 4 is 0 Å². The molecule has 0 fully saturated rings. The zero-order chi connectivity index (χ0) is 19.1. The summed E-state index contributed by atoms with van der Waals surface area (Å²) < 4.78 is 0. The average molecular weight is 362 g/mol. The molecule has 25 heavy (non-hydrogen) atoms. The molecule has 0 aliphatic heterocycles. The normalized spacial score (nSPS) is 15.2. The predicted octanol–water partition coefficient (Wildman–Crippen LogP) is -2.33. The maximum Gasteiger partial charge on any atom is 0.275 e. The summed E-state index contributed by atoms with van der Waals surface area (Å²) in [4.78, 5) is 8.01. The summed E-state index contributed by atoms with van der Waals surface area (Å²) in [6.45, 7) is -0.255. The van der Waals surface area contributed by atoms with Crippen LogP contribution in [0, 0.1) is 0 Å². The molecule has 0 aliphatic carbocycles. The van der Waals surface area contributed by atoms with Crippen LogP contribution in [0.4, 0.5) is 0 Å². The van der Waals surface area contributed by atoms with Crippen LogP contribution in [-0.4, -0.2) is 75.3 Å². The van der Waals surface area contributed by atoms with Crippen molar-refractivity contribution in [1.82, 2.24) is 9.97 Å². The van der Waals surface area contributed by atoms with Crippen molar-refractivity contribution in [1.29, 1.82) is 0 Å². The first kappa shape index (κ1) is 21.8. The predicted molar refractivity (Wildman–Crippen MR) is 83.4 cm³/mol. The Morgan fingerprint density at radius 2 is 1.60 bits per heavy atom. The molecule has 0 radical (unpaired) electrons. The smallest absolute Gasteiger partial charge is 0.275 e. The summed E-state index contributed by atoms with van der Waals surface area (Å²) in [5.74, 6) is -5.15. The van der Waals surface area contributed by atoms with Gasteiger partial charge >= 0.3 is 0 Å². The zero-order valence-electron chi connectivity index (χ0n) is 13.7. The van der Waals surface area contributed by atoms with Crippen molar-refractivity contribution in [2.75, 3.05) is 6.61 Å². The third kappa shape index (κ3) is 8.12. The van der Waals surface area contributed by atoms with Gasteiger partial charge in [-0.05, 0) is 19.3 Å². The minimum Gasteiger partial charge on any atom is -0.396 e. The summed E-state index contributed by atoms with van der Waals surface area (Å²) in [6, 6.07) is 0. The maximum absolute atomic E-state index is 10.0. The summed E-state index contributed by atoms with van der Waals surface area (Å²) in [5.41, 5.74) is 0.629. The average Bonchev–Trinajstić information content (AvgIpc) is 2.52. The first-order valence-corrected chi connectivity index (χ1v) is 7.95. The number of aryl methyl sites for hydroxylation is 1. The van der Waals surface area contributed by atoms with Crippen LogP contribution in [0.3, 0.4) is 0 Å². The van der Waals surface area contributed by atoms with Gasteiger partial charge in [0.2, 0.25) is 0 Å². The molecular formula is C15H26N2O8. The topological polar surface area (TPSA) is 188 Å². The molecule has 2 atom stereocenters. The molecule has 0 spiro atoms. The molecule has 0 aromatic carbocycles. The van der Waals surface area contributed by atoms with Crippen molar-refractivity contribution in [3.8, 4) is 0 Å². The monoisotopic (exact) mass is 362 g/mol. The number of hydrogen-bond acceptors (Lipinski definition) is 10. The second-order valence-corrected chi connectivity index (χ2v) is 6.03. The molecule has 10 heteroatoms. The van der Waals surface area contributed by atoms with E-state index in [1.165, 1.54) is 12.4 Å². The summed E-state index contributed by atoms with van der Waals surface area (Å²) in [7, 11) is 0. The zero-order valence-corrected chi connectivity index (χ0v) is 13.7. The van der Waals surface area contributed by atoms with Crippen molar-refractivity contribution in [3.63, 3.8) is 0 Å². The van der Waals surface area contributed by atoms with Gasteiger partial charge in [0, 0.05) is 32.1 Å². The number of aliphatic hydroxyl groups is 8. The second-order valence-electron chi connectivity index (χ2n) is 6.03. The van der Waals surface area contributed by atoms with Gasteiger partial charge in [0.25, 0.3) is 5.97 Å². The number of rotatable bonds is 11. The van der Waals surface area contributed by atoms with Crippen LogP contribution in [0.1, 0.15) is 49.6 Å². The second kappa shape index (κ2) is 9.46.